The Kier molecular flexibility index (Phi) is 3.32. The van der Waals surface area contributed by atoms with Crippen molar-refractivity contribution in [3.8, 4) is 5.75 Å². The molecule has 0 saturated carbocycles. The van der Waals surface area contributed by atoms with E-state index >= 15 is 0 Å². The van der Waals surface area contributed by atoms with E-state index in [1.165, 1.54) is 18.2 Å². The van der Waals surface area contributed by atoms with Crippen LogP contribution in [-0.2, 0) is 9.59 Å². The molecule has 1 unspecified atom stereocenters. The number of amides is 2. The number of ether oxygens (including phenoxy) is 1. The van der Waals surface area contributed by atoms with E-state index in [4.69, 9.17) is 0 Å². The molecule has 1 aliphatic rings. The highest BCUT2D eigenvalue weighted by molar-refractivity contribution is 6.06. The predicted octanol–water partition coefficient (Wildman–Crippen LogP) is 1.41. The van der Waals surface area contributed by atoms with Gasteiger partial charge in [0.05, 0.1) is 12.1 Å². The molecule has 5 nitrogen and oxygen atoms in total. The molecule has 1 fully saturated rings. The van der Waals surface area contributed by atoms with Crippen molar-refractivity contribution >= 4 is 17.5 Å². The third kappa shape index (κ3) is 3.36. The number of anilines is 1. The first-order valence-corrected chi connectivity index (χ1v) is 5.30. The number of imide groups is 1. The van der Waals surface area contributed by atoms with Gasteiger partial charge in [-0.1, -0.05) is 12.1 Å². The normalized spacial score (nSPS) is 19.2. The van der Waals surface area contributed by atoms with Crippen LogP contribution in [0, 0.1) is 0 Å². The molecule has 102 valence electrons. The van der Waals surface area contributed by atoms with Crippen LogP contribution in [0.4, 0.5) is 18.9 Å². The number of rotatable bonds is 3. The molecule has 0 spiro atoms. The fourth-order valence-corrected chi connectivity index (χ4v) is 1.66. The summed E-state index contributed by atoms with van der Waals surface area (Å²) in [6.07, 6.45) is -4.95. The molecule has 0 bridgehead atoms. The van der Waals surface area contributed by atoms with E-state index in [9.17, 15) is 22.8 Å². The highest BCUT2D eigenvalue weighted by Gasteiger charge is 2.34. The summed E-state index contributed by atoms with van der Waals surface area (Å²) in [6.45, 7) is 0. The van der Waals surface area contributed by atoms with E-state index in [1.807, 2.05) is 0 Å². The van der Waals surface area contributed by atoms with Gasteiger partial charge in [0, 0.05) is 0 Å². The second-order valence-electron chi connectivity index (χ2n) is 3.86. The molecule has 0 aliphatic carbocycles. The first-order valence-electron chi connectivity index (χ1n) is 5.30. The number of para-hydroxylation sites is 2. The van der Waals surface area contributed by atoms with Crippen molar-refractivity contribution in [2.45, 2.75) is 18.8 Å². The van der Waals surface area contributed by atoms with Crippen LogP contribution in [0.1, 0.15) is 6.42 Å². The molecular formula is C11H9F3N2O3. The zero-order valence-corrected chi connectivity index (χ0v) is 9.45. The Labute approximate surface area is 105 Å². The van der Waals surface area contributed by atoms with Crippen molar-refractivity contribution in [1.82, 2.24) is 5.32 Å². The van der Waals surface area contributed by atoms with E-state index in [1.54, 1.807) is 0 Å². The summed E-state index contributed by atoms with van der Waals surface area (Å²) in [5.74, 6) is -1.51. The van der Waals surface area contributed by atoms with Gasteiger partial charge in [-0.15, -0.1) is 13.2 Å². The first-order chi connectivity index (χ1) is 8.85. The predicted molar refractivity (Wildman–Crippen MR) is 58.3 cm³/mol. The average molecular weight is 274 g/mol. The molecule has 0 aromatic heterocycles. The van der Waals surface area contributed by atoms with Gasteiger partial charge in [-0.25, -0.2) is 0 Å². The topological polar surface area (TPSA) is 67.4 Å². The fraction of sp³-hybridized carbons (Fsp3) is 0.273. The van der Waals surface area contributed by atoms with Crippen molar-refractivity contribution in [3.05, 3.63) is 24.3 Å². The molecule has 19 heavy (non-hydrogen) atoms. The Morgan fingerprint density at radius 3 is 2.53 bits per heavy atom. The summed E-state index contributed by atoms with van der Waals surface area (Å²) in [5.41, 5.74) is -0.00493. The molecule has 2 N–H and O–H groups in total. The SMILES string of the molecule is O=C1CC(Nc2ccccc2OC(F)(F)F)C(=O)N1. The Morgan fingerprint density at radius 2 is 1.95 bits per heavy atom. The first kappa shape index (κ1) is 13.2. The van der Waals surface area contributed by atoms with Crippen LogP contribution in [0.25, 0.3) is 0 Å². The maximum atomic E-state index is 12.2. The Morgan fingerprint density at radius 1 is 1.26 bits per heavy atom. The van der Waals surface area contributed by atoms with E-state index < -0.39 is 30.0 Å². The molecule has 1 heterocycles. The van der Waals surface area contributed by atoms with Crippen LogP contribution >= 0.6 is 0 Å². The highest BCUT2D eigenvalue weighted by Crippen LogP contribution is 2.30. The quantitative estimate of drug-likeness (QED) is 0.818. The van der Waals surface area contributed by atoms with E-state index in [0.29, 0.717) is 0 Å². The van der Waals surface area contributed by atoms with Crippen molar-refractivity contribution in [2.24, 2.45) is 0 Å². The lowest BCUT2D eigenvalue weighted by molar-refractivity contribution is -0.274. The number of carbonyl (C=O) groups excluding carboxylic acids is 2. The molecule has 2 amide bonds. The largest absolute Gasteiger partial charge is 0.573 e. The number of alkyl halides is 3. The average Bonchev–Trinajstić information content (AvgIpc) is 2.58. The van der Waals surface area contributed by atoms with Gasteiger partial charge >= 0.3 is 6.36 Å². The van der Waals surface area contributed by atoms with E-state index in [-0.39, 0.29) is 12.1 Å². The van der Waals surface area contributed by atoms with Gasteiger partial charge in [0.1, 0.15) is 6.04 Å². The maximum absolute atomic E-state index is 12.2. The van der Waals surface area contributed by atoms with Crippen molar-refractivity contribution in [2.75, 3.05) is 5.32 Å². The van der Waals surface area contributed by atoms with Crippen molar-refractivity contribution < 1.29 is 27.5 Å². The Hall–Kier alpha value is -2.25. The lowest BCUT2D eigenvalue weighted by Crippen LogP contribution is -2.30. The third-order valence-electron chi connectivity index (χ3n) is 2.41. The molecule has 8 heteroatoms. The molecule has 1 saturated heterocycles. The van der Waals surface area contributed by atoms with Crippen LogP contribution in [0.15, 0.2) is 24.3 Å². The zero-order chi connectivity index (χ0) is 14.0. The van der Waals surface area contributed by atoms with Crippen LogP contribution in [-0.4, -0.2) is 24.2 Å². The molecule has 1 aromatic rings. The number of nitrogens with one attached hydrogen (secondary N) is 2. The summed E-state index contributed by atoms with van der Waals surface area (Å²) in [6, 6.07) is 4.40. The second-order valence-corrected chi connectivity index (χ2v) is 3.86. The second kappa shape index (κ2) is 4.79. The zero-order valence-electron chi connectivity index (χ0n) is 9.45. The third-order valence-corrected chi connectivity index (χ3v) is 2.41. The van der Waals surface area contributed by atoms with Gasteiger partial charge in [0.25, 0.3) is 0 Å². The summed E-state index contributed by atoms with van der Waals surface area (Å²) in [7, 11) is 0. The monoisotopic (exact) mass is 274 g/mol. The standard InChI is InChI=1S/C11H9F3N2O3/c12-11(13,14)19-8-4-2-1-3-6(8)15-7-5-9(17)16-10(7)18/h1-4,7,15H,5H2,(H,16,17,18). The van der Waals surface area contributed by atoms with Crippen molar-refractivity contribution in [3.63, 3.8) is 0 Å². The fourth-order valence-electron chi connectivity index (χ4n) is 1.66. The summed E-state index contributed by atoms with van der Waals surface area (Å²) >= 11 is 0. The molecule has 1 aromatic carbocycles. The lowest BCUT2D eigenvalue weighted by atomic mass is 10.2. The lowest BCUT2D eigenvalue weighted by Gasteiger charge is -2.16. The van der Waals surface area contributed by atoms with Gasteiger partial charge in [0.2, 0.25) is 11.8 Å². The van der Waals surface area contributed by atoms with Crippen LogP contribution in [0.5, 0.6) is 5.75 Å². The van der Waals surface area contributed by atoms with E-state index in [2.05, 4.69) is 15.4 Å². The minimum Gasteiger partial charge on any atom is -0.404 e. The van der Waals surface area contributed by atoms with Gasteiger partial charge in [-0.05, 0) is 12.1 Å². The minimum absolute atomic E-state index is 0.00493. The summed E-state index contributed by atoms with van der Waals surface area (Å²) in [5, 5.41) is 4.61. The van der Waals surface area contributed by atoms with Gasteiger partial charge in [-0.3, -0.25) is 14.9 Å². The van der Waals surface area contributed by atoms with E-state index in [0.717, 1.165) is 6.07 Å². The smallest absolute Gasteiger partial charge is 0.404 e. The van der Waals surface area contributed by atoms with Gasteiger partial charge < -0.3 is 10.1 Å². The molecule has 0 radical (unpaired) electrons. The highest BCUT2D eigenvalue weighted by atomic mass is 19.4. The Balaban J connectivity index is 2.16. The number of hydrogen-bond donors (Lipinski definition) is 2. The van der Waals surface area contributed by atoms with Crippen molar-refractivity contribution in [1.29, 1.82) is 0 Å². The van der Waals surface area contributed by atoms with Crippen LogP contribution < -0.4 is 15.4 Å². The molecule has 1 aliphatic heterocycles. The van der Waals surface area contributed by atoms with Gasteiger partial charge in [-0.2, -0.15) is 0 Å². The Bertz CT molecular complexity index is 516. The molecule has 1 atom stereocenters. The molecular weight excluding hydrogens is 265 g/mol. The number of benzene rings is 1. The molecule has 2 rings (SSSR count). The summed E-state index contributed by atoms with van der Waals surface area (Å²) in [4.78, 5) is 22.3. The van der Waals surface area contributed by atoms with Crippen LogP contribution in [0.2, 0.25) is 0 Å². The maximum Gasteiger partial charge on any atom is 0.573 e. The summed E-state index contributed by atoms with van der Waals surface area (Å²) < 4.78 is 40.4. The van der Waals surface area contributed by atoms with Crippen LogP contribution in [0.3, 0.4) is 0 Å². The minimum atomic E-state index is -4.83. The van der Waals surface area contributed by atoms with Gasteiger partial charge in [0.15, 0.2) is 5.75 Å². The number of hydrogen-bond acceptors (Lipinski definition) is 4. The number of halogens is 3. The number of carbonyl (C=O) groups is 2.